The summed E-state index contributed by atoms with van der Waals surface area (Å²) in [6.07, 6.45) is 6.22. The summed E-state index contributed by atoms with van der Waals surface area (Å²) in [4.78, 5) is 10.6. The summed E-state index contributed by atoms with van der Waals surface area (Å²) >= 11 is 0. The number of fused-ring (bicyclic) bond motifs is 2. The molecule has 3 nitrogen and oxygen atoms in total. The lowest BCUT2D eigenvalue weighted by molar-refractivity contribution is -0.141. The van der Waals surface area contributed by atoms with Crippen LogP contribution in [0.15, 0.2) is 12.2 Å². The normalized spacial score (nSPS) is 40.9. The van der Waals surface area contributed by atoms with Gasteiger partial charge in [-0.2, -0.15) is 0 Å². The zero-order chi connectivity index (χ0) is 7.84. The predicted octanol–water partition coefficient (Wildman–Crippen LogP) is 0.378. The van der Waals surface area contributed by atoms with E-state index in [0.717, 1.165) is 12.8 Å². The minimum absolute atomic E-state index is 0.220. The number of hydrogen-bond acceptors (Lipinski definition) is 2. The first-order chi connectivity index (χ1) is 5.27. The first kappa shape index (κ1) is 6.85. The van der Waals surface area contributed by atoms with E-state index in [1.165, 1.54) is 0 Å². The van der Waals surface area contributed by atoms with Crippen molar-refractivity contribution < 1.29 is 9.90 Å². The van der Waals surface area contributed by atoms with Crippen LogP contribution in [0, 0.1) is 5.92 Å². The highest BCUT2D eigenvalue weighted by Crippen LogP contribution is 2.27. The Morgan fingerprint density at radius 1 is 1.45 bits per heavy atom. The maximum atomic E-state index is 10.6. The molecule has 2 bridgehead atoms. The van der Waals surface area contributed by atoms with Gasteiger partial charge in [0.05, 0.1) is 0 Å². The van der Waals surface area contributed by atoms with E-state index in [1.807, 2.05) is 6.08 Å². The summed E-state index contributed by atoms with van der Waals surface area (Å²) in [5.41, 5.74) is 0. The van der Waals surface area contributed by atoms with Crippen molar-refractivity contribution in [1.29, 1.82) is 0 Å². The van der Waals surface area contributed by atoms with Gasteiger partial charge in [0, 0.05) is 12.0 Å². The molecule has 3 atom stereocenters. The molecule has 3 aliphatic rings. The second kappa shape index (κ2) is 2.34. The molecule has 2 aliphatic heterocycles. The molecule has 0 saturated carbocycles. The molecular weight excluding hydrogens is 142 g/mol. The smallest absolute Gasteiger partial charge is 0.321 e. The van der Waals surface area contributed by atoms with Crippen LogP contribution in [0.2, 0.25) is 0 Å². The molecule has 3 rings (SSSR count). The van der Waals surface area contributed by atoms with E-state index in [2.05, 4.69) is 11.4 Å². The first-order valence-corrected chi connectivity index (χ1v) is 3.94. The lowest BCUT2D eigenvalue weighted by Crippen LogP contribution is -2.53. The van der Waals surface area contributed by atoms with Crippen molar-refractivity contribution >= 4 is 5.97 Å². The van der Waals surface area contributed by atoms with Crippen molar-refractivity contribution in [3.63, 3.8) is 0 Å². The molecule has 2 N–H and O–H groups in total. The van der Waals surface area contributed by atoms with Crippen molar-refractivity contribution in [1.82, 2.24) is 5.32 Å². The third kappa shape index (κ3) is 1.05. The molecule has 0 unspecified atom stereocenters. The van der Waals surface area contributed by atoms with Gasteiger partial charge in [0.25, 0.3) is 0 Å². The molecule has 1 aliphatic carbocycles. The number of hydrogen-bond donors (Lipinski definition) is 2. The Morgan fingerprint density at radius 2 is 2.27 bits per heavy atom. The topological polar surface area (TPSA) is 49.3 Å². The Morgan fingerprint density at radius 3 is 2.55 bits per heavy atom. The average molecular weight is 153 g/mol. The number of carboxylic acids is 1. The molecule has 11 heavy (non-hydrogen) atoms. The SMILES string of the molecule is O=C(O)[C@@H]1N[C@@H]2C=C[C@H]1CC2. The summed E-state index contributed by atoms with van der Waals surface area (Å²) < 4.78 is 0. The molecule has 0 aromatic heterocycles. The molecule has 1 fully saturated rings. The quantitative estimate of drug-likeness (QED) is 0.535. The van der Waals surface area contributed by atoms with Gasteiger partial charge in [-0.05, 0) is 12.8 Å². The number of carbonyl (C=O) groups is 1. The number of rotatable bonds is 1. The summed E-state index contributed by atoms with van der Waals surface area (Å²) in [6.45, 7) is 0. The molecular formula is C8H11NO2. The molecule has 0 aromatic rings. The fourth-order valence-electron chi connectivity index (χ4n) is 1.87. The van der Waals surface area contributed by atoms with Crippen LogP contribution < -0.4 is 5.32 Å². The van der Waals surface area contributed by atoms with Crippen molar-refractivity contribution in [3.05, 3.63) is 12.2 Å². The Hall–Kier alpha value is -0.830. The van der Waals surface area contributed by atoms with Gasteiger partial charge in [-0.15, -0.1) is 0 Å². The van der Waals surface area contributed by atoms with Crippen molar-refractivity contribution in [2.24, 2.45) is 5.92 Å². The van der Waals surface area contributed by atoms with Crippen LogP contribution in [0.1, 0.15) is 12.8 Å². The van der Waals surface area contributed by atoms with Crippen LogP contribution in [-0.2, 0) is 4.79 Å². The standard InChI is InChI=1S/C8H11NO2/c10-8(11)7-5-1-3-6(9-7)4-2-5/h1,3,5-7,9H,2,4H2,(H,10,11)/t5-,6+,7+/m0/s1. The van der Waals surface area contributed by atoms with Gasteiger partial charge in [0.2, 0.25) is 0 Å². The van der Waals surface area contributed by atoms with E-state index in [9.17, 15) is 4.79 Å². The monoisotopic (exact) mass is 153 g/mol. The average Bonchev–Trinajstić information content (AvgIpc) is 2.06. The second-order valence-corrected chi connectivity index (χ2v) is 3.22. The zero-order valence-corrected chi connectivity index (χ0v) is 6.16. The Bertz CT molecular complexity index is 212. The van der Waals surface area contributed by atoms with E-state index in [1.54, 1.807) is 0 Å². The molecule has 0 amide bonds. The van der Waals surface area contributed by atoms with Crippen LogP contribution in [-0.4, -0.2) is 23.2 Å². The van der Waals surface area contributed by atoms with Crippen LogP contribution in [0.3, 0.4) is 0 Å². The summed E-state index contributed by atoms with van der Waals surface area (Å²) in [5, 5.41) is 11.8. The maximum absolute atomic E-state index is 10.6. The highest BCUT2D eigenvalue weighted by Gasteiger charge is 2.35. The third-order valence-electron chi connectivity index (χ3n) is 2.49. The fourth-order valence-corrected chi connectivity index (χ4v) is 1.87. The van der Waals surface area contributed by atoms with E-state index in [0.29, 0.717) is 6.04 Å². The fraction of sp³-hybridized carbons (Fsp3) is 0.625. The van der Waals surface area contributed by atoms with E-state index in [4.69, 9.17) is 5.11 Å². The maximum Gasteiger partial charge on any atom is 0.321 e. The number of nitrogens with one attached hydrogen (secondary N) is 1. The van der Waals surface area contributed by atoms with Gasteiger partial charge in [0.1, 0.15) is 6.04 Å². The van der Waals surface area contributed by atoms with Gasteiger partial charge >= 0.3 is 5.97 Å². The number of aliphatic carboxylic acids is 1. The van der Waals surface area contributed by atoms with Gasteiger partial charge in [-0.1, -0.05) is 12.2 Å². The van der Waals surface area contributed by atoms with E-state index < -0.39 is 5.97 Å². The first-order valence-electron chi connectivity index (χ1n) is 3.94. The Labute approximate surface area is 65.1 Å². The molecule has 0 radical (unpaired) electrons. The lowest BCUT2D eigenvalue weighted by Gasteiger charge is -2.36. The zero-order valence-electron chi connectivity index (χ0n) is 6.16. The molecule has 0 aromatic carbocycles. The molecule has 2 heterocycles. The van der Waals surface area contributed by atoms with Gasteiger partial charge < -0.3 is 5.11 Å². The van der Waals surface area contributed by atoms with E-state index >= 15 is 0 Å². The summed E-state index contributed by atoms with van der Waals surface area (Å²) in [5.74, 6) is -0.499. The minimum Gasteiger partial charge on any atom is -0.480 e. The highest BCUT2D eigenvalue weighted by molar-refractivity contribution is 5.74. The minimum atomic E-state index is -0.718. The molecule has 60 valence electrons. The predicted molar refractivity (Wildman–Crippen MR) is 40.2 cm³/mol. The Kier molecular flexibility index (Phi) is 1.46. The summed E-state index contributed by atoms with van der Waals surface area (Å²) in [6, 6.07) is -0.0279. The molecule has 0 spiro atoms. The highest BCUT2D eigenvalue weighted by atomic mass is 16.4. The third-order valence-corrected chi connectivity index (χ3v) is 2.49. The number of piperidine rings is 1. The van der Waals surface area contributed by atoms with Crippen LogP contribution in [0.25, 0.3) is 0 Å². The van der Waals surface area contributed by atoms with Gasteiger partial charge in [0.15, 0.2) is 0 Å². The van der Waals surface area contributed by atoms with Crippen molar-refractivity contribution in [2.45, 2.75) is 24.9 Å². The Balaban J connectivity index is 2.17. The van der Waals surface area contributed by atoms with Crippen molar-refractivity contribution in [2.75, 3.05) is 0 Å². The van der Waals surface area contributed by atoms with Gasteiger partial charge in [-0.3, -0.25) is 10.1 Å². The second-order valence-electron chi connectivity index (χ2n) is 3.22. The molecule has 1 saturated heterocycles. The lowest BCUT2D eigenvalue weighted by atomic mass is 9.82. The summed E-state index contributed by atoms with van der Waals surface area (Å²) in [7, 11) is 0. The molecule has 3 heteroatoms. The van der Waals surface area contributed by atoms with Crippen LogP contribution in [0.4, 0.5) is 0 Å². The number of carboxylic acid groups (broad SMARTS) is 1. The van der Waals surface area contributed by atoms with E-state index in [-0.39, 0.29) is 12.0 Å². The largest absolute Gasteiger partial charge is 0.480 e. The van der Waals surface area contributed by atoms with Crippen LogP contribution in [0.5, 0.6) is 0 Å². The van der Waals surface area contributed by atoms with Crippen molar-refractivity contribution in [3.8, 4) is 0 Å². The van der Waals surface area contributed by atoms with Gasteiger partial charge in [-0.25, -0.2) is 0 Å². The van der Waals surface area contributed by atoms with Crippen LogP contribution >= 0.6 is 0 Å².